The van der Waals surface area contributed by atoms with Crippen LogP contribution in [0.2, 0.25) is 0 Å². The number of nitrogens with one attached hydrogen (secondary N) is 2. The molecule has 0 fully saturated rings. The first kappa shape index (κ1) is 18.2. The van der Waals surface area contributed by atoms with Crippen molar-refractivity contribution in [3.63, 3.8) is 0 Å². The van der Waals surface area contributed by atoms with E-state index >= 15 is 0 Å². The van der Waals surface area contributed by atoms with Crippen LogP contribution in [-0.2, 0) is 12.8 Å². The third-order valence-electron chi connectivity index (χ3n) is 4.71. The summed E-state index contributed by atoms with van der Waals surface area (Å²) in [7, 11) is 0. The van der Waals surface area contributed by atoms with Crippen molar-refractivity contribution in [2.75, 3.05) is 31.1 Å². The molecule has 0 bridgehead atoms. The molecule has 1 aliphatic heterocycles. The molecule has 1 aromatic heterocycles. The Morgan fingerprint density at radius 1 is 1.19 bits per heavy atom. The molecule has 0 saturated carbocycles. The largest absolute Gasteiger partial charge is 0.366 e. The molecule has 2 aromatic rings. The summed E-state index contributed by atoms with van der Waals surface area (Å²) in [4.78, 5) is 11.6. The lowest BCUT2D eigenvalue weighted by Crippen LogP contribution is -2.40. The highest BCUT2D eigenvalue weighted by Crippen LogP contribution is 2.29. The van der Waals surface area contributed by atoms with Crippen LogP contribution in [-0.4, -0.2) is 43.2 Å². The van der Waals surface area contributed by atoms with E-state index in [0.717, 1.165) is 50.7 Å². The van der Waals surface area contributed by atoms with Gasteiger partial charge < -0.3 is 15.5 Å². The summed E-state index contributed by atoms with van der Waals surface area (Å²) in [6, 6.07) is 15.1. The summed E-state index contributed by atoms with van der Waals surface area (Å²) in [5.74, 6) is 0.878. The molecular formula is C21H29N5. The highest BCUT2D eigenvalue weighted by atomic mass is 15.2. The molecule has 1 unspecified atom stereocenters. The van der Waals surface area contributed by atoms with Crippen LogP contribution in [0.4, 0.5) is 5.69 Å². The topological polar surface area (TPSA) is 52.6 Å². The van der Waals surface area contributed by atoms with Gasteiger partial charge in [0.1, 0.15) is 0 Å². The van der Waals surface area contributed by atoms with Crippen LogP contribution in [0, 0.1) is 0 Å². The van der Waals surface area contributed by atoms with Gasteiger partial charge in [-0.1, -0.05) is 24.3 Å². The minimum Gasteiger partial charge on any atom is -0.366 e. The Hall–Kier alpha value is -2.56. The molecule has 0 amide bonds. The molecule has 5 nitrogen and oxygen atoms in total. The Balaban J connectivity index is 1.53. The molecule has 138 valence electrons. The fourth-order valence-electron chi connectivity index (χ4n) is 3.34. The first-order valence-corrected chi connectivity index (χ1v) is 9.54. The number of fused-ring (bicyclic) bond motifs is 1. The van der Waals surface area contributed by atoms with Crippen LogP contribution < -0.4 is 15.5 Å². The Morgan fingerprint density at radius 2 is 2.04 bits per heavy atom. The average molecular weight is 351 g/mol. The van der Waals surface area contributed by atoms with Gasteiger partial charge in [0.15, 0.2) is 5.96 Å². The third-order valence-corrected chi connectivity index (χ3v) is 4.71. The van der Waals surface area contributed by atoms with Gasteiger partial charge in [0, 0.05) is 49.7 Å². The van der Waals surface area contributed by atoms with Crippen LogP contribution in [0.15, 0.2) is 53.7 Å². The van der Waals surface area contributed by atoms with Gasteiger partial charge in [-0.05, 0) is 44.0 Å². The second-order valence-corrected chi connectivity index (χ2v) is 6.64. The van der Waals surface area contributed by atoms with E-state index in [1.54, 1.807) is 0 Å². The van der Waals surface area contributed by atoms with E-state index in [0.29, 0.717) is 6.04 Å². The minimum atomic E-state index is 0.380. The second-order valence-electron chi connectivity index (χ2n) is 6.64. The molecule has 3 rings (SSSR count). The SMILES string of the molecule is CCNC(=NCC(C)N1CCc2ccccc21)NCCc1ccccn1. The number of guanidine groups is 1. The molecule has 0 radical (unpaired) electrons. The average Bonchev–Trinajstić information content (AvgIpc) is 3.11. The van der Waals surface area contributed by atoms with Crippen LogP contribution in [0.25, 0.3) is 0 Å². The maximum Gasteiger partial charge on any atom is 0.191 e. The number of rotatable bonds is 7. The van der Waals surface area contributed by atoms with Crippen molar-refractivity contribution in [2.45, 2.75) is 32.7 Å². The lowest BCUT2D eigenvalue weighted by Gasteiger charge is -2.26. The highest BCUT2D eigenvalue weighted by Gasteiger charge is 2.22. The van der Waals surface area contributed by atoms with Crippen molar-refractivity contribution in [1.29, 1.82) is 0 Å². The first-order valence-electron chi connectivity index (χ1n) is 9.54. The Kier molecular flexibility index (Phi) is 6.47. The maximum absolute atomic E-state index is 4.79. The highest BCUT2D eigenvalue weighted by molar-refractivity contribution is 5.79. The number of aromatic nitrogens is 1. The molecule has 1 aromatic carbocycles. The maximum atomic E-state index is 4.79. The van der Waals surface area contributed by atoms with Crippen molar-refractivity contribution < 1.29 is 0 Å². The number of pyridine rings is 1. The van der Waals surface area contributed by atoms with E-state index in [1.807, 2.05) is 18.3 Å². The van der Waals surface area contributed by atoms with Crippen molar-refractivity contribution in [3.05, 3.63) is 59.9 Å². The van der Waals surface area contributed by atoms with E-state index in [1.165, 1.54) is 11.3 Å². The first-order chi connectivity index (χ1) is 12.8. The van der Waals surface area contributed by atoms with Gasteiger partial charge in [0.2, 0.25) is 0 Å². The Bertz CT molecular complexity index is 713. The standard InChI is InChI=1S/C21H29N5/c1-3-22-21(24-14-11-19-9-6-7-13-23-19)25-16-17(2)26-15-12-18-8-4-5-10-20(18)26/h4-10,13,17H,3,11-12,14-16H2,1-2H3,(H2,22,24,25). The van der Waals surface area contributed by atoms with Crippen LogP contribution in [0.5, 0.6) is 0 Å². The van der Waals surface area contributed by atoms with Gasteiger partial charge >= 0.3 is 0 Å². The smallest absolute Gasteiger partial charge is 0.191 e. The summed E-state index contributed by atoms with van der Waals surface area (Å²) in [5.41, 5.74) is 3.91. The van der Waals surface area contributed by atoms with Crippen molar-refractivity contribution >= 4 is 11.6 Å². The summed E-state index contributed by atoms with van der Waals surface area (Å²) in [5, 5.41) is 6.75. The minimum absolute atomic E-state index is 0.380. The Morgan fingerprint density at radius 3 is 2.85 bits per heavy atom. The van der Waals surface area contributed by atoms with Gasteiger partial charge in [-0.2, -0.15) is 0 Å². The van der Waals surface area contributed by atoms with E-state index in [2.05, 4.69) is 64.7 Å². The lowest BCUT2D eigenvalue weighted by molar-refractivity contribution is 0.657. The number of anilines is 1. The Labute approximate surface area is 156 Å². The number of hydrogen-bond donors (Lipinski definition) is 2. The number of nitrogens with zero attached hydrogens (tertiary/aromatic N) is 3. The van der Waals surface area contributed by atoms with Gasteiger partial charge in [0.25, 0.3) is 0 Å². The number of benzene rings is 1. The van der Waals surface area contributed by atoms with Gasteiger partial charge in [0.05, 0.1) is 6.54 Å². The molecule has 1 atom stereocenters. The molecule has 26 heavy (non-hydrogen) atoms. The molecule has 2 heterocycles. The predicted molar refractivity (Wildman–Crippen MR) is 109 cm³/mol. The third kappa shape index (κ3) is 4.75. The van der Waals surface area contributed by atoms with Crippen molar-refractivity contribution in [2.24, 2.45) is 4.99 Å². The van der Waals surface area contributed by atoms with Crippen LogP contribution in [0.3, 0.4) is 0 Å². The summed E-state index contributed by atoms with van der Waals surface area (Å²) in [6.07, 6.45) is 3.86. The molecule has 1 aliphatic rings. The fraction of sp³-hybridized carbons (Fsp3) is 0.429. The fourth-order valence-corrected chi connectivity index (χ4v) is 3.34. The normalized spacial score (nSPS) is 14.8. The summed E-state index contributed by atoms with van der Waals surface area (Å²) < 4.78 is 0. The summed E-state index contributed by atoms with van der Waals surface area (Å²) in [6.45, 7) is 7.88. The molecule has 2 N–H and O–H groups in total. The summed E-state index contributed by atoms with van der Waals surface area (Å²) >= 11 is 0. The van der Waals surface area contributed by atoms with Crippen LogP contribution >= 0.6 is 0 Å². The van der Waals surface area contributed by atoms with E-state index < -0.39 is 0 Å². The number of hydrogen-bond acceptors (Lipinski definition) is 3. The van der Waals surface area contributed by atoms with Gasteiger partial charge in [-0.25, -0.2) is 0 Å². The molecular weight excluding hydrogens is 322 g/mol. The van der Waals surface area contributed by atoms with Crippen molar-refractivity contribution in [3.8, 4) is 0 Å². The molecule has 0 spiro atoms. The predicted octanol–water partition coefficient (Wildman–Crippen LogP) is 2.63. The second kappa shape index (κ2) is 9.22. The monoisotopic (exact) mass is 351 g/mol. The molecule has 5 heteroatoms. The van der Waals surface area contributed by atoms with Crippen LogP contribution in [0.1, 0.15) is 25.1 Å². The van der Waals surface area contributed by atoms with E-state index in [9.17, 15) is 0 Å². The zero-order valence-electron chi connectivity index (χ0n) is 15.8. The van der Waals surface area contributed by atoms with E-state index in [-0.39, 0.29) is 0 Å². The molecule has 0 saturated heterocycles. The van der Waals surface area contributed by atoms with E-state index in [4.69, 9.17) is 4.99 Å². The number of para-hydroxylation sites is 1. The quantitative estimate of drug-likeness (QED) is 0.595. The lowest BCUT2D eigenvalue weighted by atomic mass is 10.2. The van der Waals surface area contributed by atoms with Gasteiger partial charge in [-0.3, -0.25) is 9.98 Å². The molecule has 0 aliphatic carbocycles. The number of aliphatic imine (C=N–C) groups is 1. The zero-order valence-corrected chi connectivity index (χ0v) is 15.8. The van der Waals surface area contributed by atoms with Crippen molar-refractivity contribution in [1.82, 2.24) is 15.6 Å². The van der Waals surface area contributed by atoms with Gasteiger partial charge in [-0.15, -0.1) is 0 Å². The zero-order chi connectivity index (χ0) is 18.2.